The van der Waals surface area contributed by atoms with Gasteiger partial charge >= 0.3 is 6.18 Å². The van der Waals surface area contributed by atoms with Crippen LogP contribution in [0.25, 0.3) is 5.57 Å². The van der Waals surface area contributed by atoms with Crippen LogP contribution >= 0.6 is 0 Å². The van der Waals surface area contributed by atoms with Crippen molar-refractivity contribution in [2.24, 2.45) is 5.92 Å². The van der Waals surface area contributed by atoms with Gasteiger partial charge in [0.1, 0.15) is 6.67 Å². The predicted molar refractivity (Wildman–Crippen MR) is 98.8 cm³/mol. The summed E-state index contributed by atoms with van der Waals surface area (Å²) in [5.74, 6) is -0.987. The fourth-order valence-electron chi connectivity index (χ4n) is 4.16. The normalized spacial score (nSPS) is 22.4. The molecule has 1 N–H and O–H groups in total. The Morgan fingerprint density at radius 2 is 1.93 bits per heavy atom. The molecular formula is C20H26F4N2O2. The smallest absolute Gasteiger partial charge is 0.383 e. The van der Waals surface area contributed by atoms with Gasteiger partial charge in [-0.05, 0) is 45.6 Å². The molecule has 2 fully saturated rings. The van der Waals surface area contributed by atoms with Gasteiger partial charge in [0.05, 0.1) is 11.4 Å². The van der Waals surface area contributed by atoms with Gasteiger partial charge in [0, 0.05) is 42.4 Å². The summed E-state index contributed by atoms with van der Waals surface area (Å²) in [5.41, 5.74) is 2.57. The lowest BCUT2D eigenvalue weighted by Crippen LogP contribution is -2.37. The Morgan fingerprint density at radius 3 is 2.46 bits per heavy atom. The van der Waals surface area contributed by atoms with Crippen LogP contribution in [0.15, 0.2) is 16.7 Å². The van der Waals surface area contributed by atoms with Crippen LogP contribution in [0.4, 0.5) is 17.6 Å². The fourth-order valence-corrected chi connectivity index (χ4v) is 4.16. The Kier molecular flexibility index (Phi) is 5.62. The first-order valence-electron chi connectivity index (χ1n) is 9.54. The van der Waals surface area contributed by atoms with Crippen molar-refractivity contribution < 1.29 is 22.7 Å². The van der Waals surface area contributed by atoms with Crippen LogP contribution in [0.2, 0.25) is 0 Å². The molecule has 156 valence electrons. The molecule has 0 amide bonds. The number of aryl methyl sites for hydroxylation is 1. The zero-order valence-electron chi connectivity index (χ0n) is 16.3. The van der Waals surface area contributed by atoms with E-state index in [1.807, 2.05) is 4.57 Å². The van der Waals surface area contributed by atoms with Gasteiger partial charge in [-0.15, -0.1) is 0 Å². The topological polar surface area (TPSA) is 45.5 Å². The molecule has 4 nitrogen and oxygen atoms in total. The van der Waals surface area contributed by atoms with E-state index in [-0.39, 0.29) is 36.7 Å². The number of allylic oxidation sites excluding steroid dienone is 2. The van der Waals surface area contributed by atoms with Crippen LogP contribution in [0.3, 0.4) is 0 Å². The highest BCUT2D eigenvalue weighted by atomic mass is 19.4. The monoisotopic (exact) mass is 402 g/mol. The molecule has 2 heterocycles. The molecule has 0 spiro atoms. The number of rotatable bonds is 5. The first kappa shape index (κ1) is 20.9. The van der Waals surface area contributed by atoms with Crippen LogP contribution in [0.1, 0.15) is 49.0 Å². The maximum atomic E-state index is 14.0. The number of halogens is 4. The molecule has 0 aromatic carbocycles. The molecule has 0 radical (unpaired) electrons. The molecule has 1 aliphatic carbocycles. The molecule has 3 rings (SSSR count). The number of likely N-dealkylation sites (tertiary alicyclic amines) is 1. The number of aromatic nitrogens is 1. The lowest BCUT2D eigenvalue weighted by molar-refractivity contribution is -0.217. The van der Waals surface area contributed by atoms with Crippen molar-refractivity contribution in [3.63, 3.8) is 0 Å². The van der Waals surface area contributed by atoms with Crippen molar-refractivity contribution in [2.75, 3.05) is 19.8 Å². The molecule has 0 bridgehead atoms. The summed E-state index contributed by atoms with van der Waals surface area (Å²) in [7, 11) is 0. The number of hydrogen-bond acceptors (Lipinski definition) is 3. The summed E-state index contributed by atoms with van der Waals surface area (Å²) in [6, 6.07) is 0.266. The number of aliphatic hydroxyl groups is 1. The largest absolute Gasteiger partial charge is 0.414 e. The molecule has 1 saturated carbocycles. The van der Waals surface area contributed by atoms with Crippen molar-refractivity contribution >= 4 is 5.57 Å². The molecule has 1 aromatic heterocycles. The summed E-state index contributed by atoms with van der Waals surface area (Å²) < 4.78 is 54.5. The van der Waals surface area contributed by atoms with E-state index in [0.717, 1.165) is 12.8 Å². The summed E-state index contributed by atoms with van der Waals surface area (Å²) in [5, 5.41) is 9.54. The Balaban J connectivity index is 1.98. The molecular weight excluding hydrogens is 376 g/mol. The average Bonchev–Trinajstić information content (AvgIpc) is 3.36. The zero-order valence-corrected chi connectivity index (χ0v) is 16.3. The lowest BCUT2D eigenvalue weighted by Gasteiger charge is -2.26. The number of nitrogens with zero attached hydrogens (tertiary/aromatic N) is 2. The first-order valence-corrected chi connectivity index (χ1v) is 9.54. The zero-order chi connectivity index (χ0) is 20.8. The van der Waals surface area contributed by atoms with Crippen molar-refractivity contribution in [3.05, 3.63) is 38.9 Å². The molecule has 2 aliphatic rings. The van der Waals surface area contributed by atoms with Gasteiger partial charge in [-0.25, -0.2) is 4.39 Å². The Morgan fingerprint density at radius 1 is 1.29 bits per heavy atom. The lowest BCUT2D eigenvalue weighted by atomic mass is 10.0. The van der Waals surface area contributed by atoms with E-state index in [9.17, 15) is 27.5 Å². The van der Waals surface area contributed by atoms with Gasteiger partial charge in [-0.1, -0.05) is 0 Å². The van der Waals surface area contributed by atoms with Crippen molar-refractivity contribution in [3.8, 4) is 0 Å². The minimum atomic E-state index is -4.69. The van der Waals surface area contributed by atoms with E-state index in [1.165, 1.54) is 0 Å². The van der Waals surface area contributed by atoms with Gasteiger partial charge in [0.15, 0.2) is 11.5 Å². The van der Waals surface area contributed by atoms with E-state index in [1.54, 1.807) is 31.9 Å². The summed E-state index contributed by atoms with van der Waals surface area (Å²) in [6.45, 7) is 4.52. The molecule has 8 heteroatoms. The van der Waals surface area contributed by atoms with Crippen molar-refractivity contribution in [1.29, 1.82) is 0 Å². The Bertz CT molecular complexity index is 840. The predicted octanol–water partition coefficient (Wildman–Crippen LogP) is 3.75. The highest BCUT2D eigenvalue weighted by Crippen LogP contribution is 2.39. The number of alkyl halides is 4. The third-order valence-electron chi connectivity index (χ3n) is 5.89. The third-order valence-corrected chi connectivity index (χ3v) is 5.89. The quantitative estimate of drug-likeness (QED) is 0.763. The second kappa shape index (κ2) is 7.54. The first-order chi connectivity index (χ1) is 13.1. The molecule has 2 unspecified atom stereocenters. The van der Waals surface area contributed by atoms with Crippen molar-refractivity contribution in [2.45, 2.75) is 58.4 Å². The van der Waals surface area contributed by atoms with Crippen LogP contribution in [0, 0.1) is 19.8 Å². The fraction of sp³-hybridized carbons (Fsp3) is 0.650. The summed E-state index contributed by atoms with van der Waals surface area (Å²) in [6.07, 6.45) is -3.20. The van der Waals surface area contributed by atoms with Gasteiger partial charge in [0.25, 0.3) is 0 Å². The minimum Gasteiger partial charge on any atom is -0.383 e. The van der Waals surface area contributed by atoms with Gasteiger partial charge in [-0.3, -0.25) is 4.79 Å². The number of pyridine rings is 1. The molecule has 2 atom stereocenters. The number of hydrogen-bond donors (Lipinski definition) is 1. The van der Waals surface area contributed by atoms with Gasteiger partial charge in [0.2, 0.25) is 0 Å². The van der Waals surface area contributed by atoms with Crippen LogP contribution in [0.5, 0.6) is 0 Å². The SMILES string of the molecule is C/C(=C(/CF)N1CCC(C(O)C(F)(F)F)C1)c1c(C)c(=O)c(C)cn1C1CC1. The molecule has 1 aromatic rings. The van der Waals surface area contributed by atoms with E-state index >= 15 is 0 Å². The van der Waals surface area contributed by atoms with Crippen LogP contribution in [-0.2, 0) is 0 Å². The summed E-state index contributed by atoms with van der Waals surface area (Å²) >= 11 is 0. The maximum absolute atomic E-state index is 14.0. The highest BCUT2D eigenvalue weighted by molar-refractivity contribution is 5.67. The highest BCUT2D eigenvalue weighted by Gasteiger charge is 2.46. The van der Waals surface area contributed by atoms with Gasteiger partial charge in [-0.2, -0.15) is 13.2 Å². The van der Waals surface area contributed by atoms with E-state index in [2.05, 4.69) is 0 Å². The van der Waals surface area contributed by atoms with E-state index in [4.69, 9.17) is 0 Å². The van der Waals surface area contributed by atoms with Gasteiger partial charge < -0.3 is 14.6 Å². The van der Waals surface area contributed by atoms with Crippen LogP contribution in [-0.4, -0.2) is 46.6 Å². The van der Waals surface area contributed by atoms with E-state index in [0.29, 0.717) is 22.4 Å². The molecule has 1 aliphatic heterocycles. The summed E-state index contributed by atoms with van der Waals surface area (Å²) in [4.78, 5) is 14.1. The Labute approximate surface area is 161 Å². The minimum absolute atomic E-state index is 0.0597. The maximum Gasteiger partial charge on any atom is 0.414 e. The second-order valence-electron chi connectivity index (χ2n) is 7.94. The Hall–Kier alpha value is -1.83. The standard InChI is InChI=1S/C20H26F4N2O2/c1-11-9-26(15-4-5-15)17(13(3)18(11)27)12(2)16(8-21)25-7-6-14(10-25)19(28)20(22,23)24/h9,14-15,19,28H,4-8,10H2,1-3H3/b16-12+. The van der Waals surface area contributed by atoms with Crippen LogP contribution < -0.4 is 5.43 Å². The molecule has 28 heavy (non-hydrogen) atoms. The second-order valence-corrected chi connectivity index (χ2v) is 7.94. The molecule has 1 saturated heterocycles. The average molecular weight is 402 g/mol. The van der Waals surface area contributed by atoms with Crippen molar-refractivity contribution in [1.82, 2.24) is 9.47 Å². The number of aliphatic hydroxyl groups excluding tert-OH is 1. The third kappa shape index (κ3) is 3.83. The van der Waals surface area contributed by atoms with E-state index < -0.39 is 24.9 Å².